The predicted octanol–water partition coefficient (Wildman–Crippen LogP) is 2.06. The van der Waals surface area contributed by atoms with Crippen molar-refractivity contribution in [2.75, 3.05) is 18.6 Å². The van der Waals surface area contributed by atoms with Crippen LogP contribution in [0, 0.1) is 0 Å². The molecule has 0 spiro atoms. The third kappa shape index (κ3) is 2.63. The molecule has 3 aromatic rings. The number of hydrogen-bond donors (Lipinski definition) is 1. The summed E-state index contributed by atoms with van der Waals surface area (Å²) in [6, 6.07) is 15.4. The lowest BCUT2D eigenvalue weighted by atomic mass is 10.1. The first kappa shape index (κ1) is 15.9. The van der Waals surface area contributed by atoms with Gasteiger partial charge in [0.25, 0.3) is 5.78 Å². The Bertz CT molecular complexity index is 948. The van der Waals surface area contributed by atoms with E-state index in [1.807, 2.05) is 37.4 Å². The van der Waals surface area contributed by atoms with Gasteiger partial charge in [-0.1, -0.05) is 24.3 Å². The second-order valence-corrected chi connectivity index (χ2v) is 7.39. The molecule has 1 amide bonds. The molecule has 126 valence electrons. The molecule has 2 heterocycles. The highest BCUT2D eigenvalue weighted by atomic mass is 32.1. The van der Waals surface area contributed by atoms with Crippen molar-refractivity contribution in [3.8, 4) is 0 Å². The molecule has 0 saturated heterocycles. The Balaban J connectivity index is 1.58. The molecule has 0 aliphatic carbocycles. The number of carbonyl (C=O) groups excluding carboxylic acids is 2. The molecule has 6 heteroatoms. The Morgan fingerprint density at radius 1 is 1.12 bits per heavy atom. The summed E-state index contributed by atoms with van der Waals surface area (Å²) in [7, 11) is 2.02. The fourth-order valence-electron chi connectivity index (χ4n) is 3.08. The van der Waals surface area contributed by atoms with Crippen LogP contribution in [0.4, 0.5) is 5.69 Å². The van der Waals surface area contributed by atoms with Crippen LogP contribution in [0.1, 0.15) is 28.3 Å². The normalized spacial score (nSPS) is 16.3. The Labute approximate surface area is 149 Å². The molecular formula is C19H18N3O2S+. The quantitative estimate of drug-likeness (QED) is 0.732. The van der Waals surface area contributed by atoms with E-state index in [1.54, 1.807) is 28.4 Å². The van der Waals surface area contributed by atoms with E-state index in [2.05, 4.69) is 13.0 Å². The van der Waals surface area contributed by atoms with Gasteiger partial charge in [0.05, 0.1) is 28.5 Å². The minimum Gasteiger partial charge on any atom is -0.312 e. The standard InChI is InChI=1S/C19H17N3O2S/c1-12(18-20-14-8-4-6-10-16(14)25-18)21(2)11-22-15-9-5-3-7-13(15)17(23)19(22)24/h3-10,12H,11H2,1-2H3/p+1/t12-/m0/s1. The maximum absolute atomic E-state index is 12.3. The third-order valence-electron chi connectivity index (χ3n) is 4.71. The number of Topliss-reactive ketones (excluding diaryl/α,β-unsaturated/α-hetero) is 1. The molecule has 2 aromatic carbocycles. The Morgan fingerprint density at radius 2 is 1.84 bits per heavy atom. The maximum atomic E-state index is 12.3. The number of para-hydroxylation sites is 2. The van der Waals surface area contributed by atoms with Gasteiger partial charge in [-0.2, -0.15) is 0 Å². The van der Waals surface area contributed by atoms with Crippen molar-refractivity contribution in [1.82, 2.24) is 4.98 Å². The van der Waals surface area contributed by atoms with Gasteiger partial charge in [0.1, 0.15) is 6.04 Å². The molecule has 0 bridgehead atoms. The van der Waals surface area contributed by atoms with Crippen LogP contribution < -0.4 is 9.80 Å². The minimum absolute atomic E-state index is 0.119. The number of rotatable bonds is 4. The number of quaternary nitrogens is 1. The summed E-state index contributed by atoms with van der Waals surface area (Å²) in [5, 5.41) is 1.03. The lowest BCUT2D eigenvalue weighted by Crippen LogP contribution is -3.10. The first-order valence-corrected chi connectivity index (χ1v) is 9.01. The summed E-state index contributed by atoms with van der Waals surface area (Å²) < 4.78 is 1.16. The minimum atomic E-state index is -0.447. The number of benzene rings is 2. The fraction of sp³-hybridized carbons (Fsp3) is 0.211. The van der Waals surface area contributed by atoms with E-state index in [0.717, 1.165) is 20.1 Å². The summed E-state index contributed by atoms with van der Waals surface area (Å²) in [6.07, 6.45) is 0. The van der Waals surface area contributed by atoms with Crippen molar-refractivity contribution in [3.05, 3.63) is 59.1 Å². The molecule has 1 aromatic heterocycles. The predicted molar refractivity (Wildman–Crippen MR) is 98.0 cm³/mol. The van der Waals surface area contributed by atoms with Crippen molar-refractivity contribution in [3.63, 3.8) is 0 Å². The molecule has 5 nitrogen and oxygen atoms in total. The van der Waals surface area contributed by atoms with Crippen LogP contribution in [0.3, 0.4) is 0 Å². The van der Waals surface area contributed by atoms with Gasteiger partial charge < -0.3 is 4.90 Å². The monoisotopic (exact) mass is 352 g/mol. The van der Waals surface area contributed by atoms with Crippen molar-refractivity contribution < 1.29 is 14.5 Å². The number of fused-ring (bicyclic) bond motifs is 2. The summed E-state index contributed by atoms with van der Waals surface area (Å²) in [4.78, 5) is 31.9. The summed E-state index contributed by atoms with van der Waals surface area (Å²) in [6.45, 7) is 2.53. The largest absolute Gasteiger partial charge is 0.312 e. The molecule has 25 heavy (non-hydrogen) atoms. The van der Waals surface area contributed by atoms with E-state index in [9.17, 15) is 9.59 Å². The van der Waals surface area contributed by atoms with Gasteiger partial charge in [-0.3, -0.25) is 14.5 Å². The van der Waals surface area contributed by atoms with Crippen molar-refractivity contribution >= 4 is 38.9 Å². The van der Waals surface area contributed by atoms with E-state index in [0.29, 0.717) is 17.9 Å². The highest BCUT2D eigenvalue weighted by Gasteiger charge is 2.38. The summed E-state index contributed by atoms with van der Waals surface area (Å²) in [5.41, 5.74) is 2.20. The van der Waals surface area contributed by atoms with Crippen molar-refractivity contribution in [2.45, 2.75) is 13.0 Å². The number of amides is 1. The van der Waals surface area contributed by atoms with Gasteiger partial charge in [-0.15, -0.1) is 11.3 Å². The highest BCUT2D eigenvalue weighted by Crippen LogP contribution is 2.28. The zero-order valence-corrected chi connectivity index (χ0v) is 14.8. The second-order valence-electron chi connectivity index (χ2n) is 6.33. The Hall–Kier alpha value is -2.57. The Kier molecular flexibility index (Phi) is 3.86. The Morgan fingerprint density at radius 3 is 2.64 bits per heavy atom. The van der Waals surface area contributed by atoms with E-state index < -0.39 is 11.7 Å². The number of thiazole rings is 1. The average molecular weight is 352 g/mol. The average Bonchev–Trinajstić information content (AvgIpc) is 3.17. The van der Waals surface area contributed by atoms with Crippen molar-refractivity contribution in [2.24, 2.45) is 0 Å². The fourth-order valence-corrected chi connectivity index (χ4v) is 4.19. The molecule has 0 radical (unpaired) electrons. The van der Waals surface area contributed by atoms with Gasteiger partial charge in [-0.05, 0) is 31.2 Å². The molecule has 1 aliphatic heterocycles. The van der Waals surface area contributed by atoms with Crippen LogP contribution >= 0.6 is 11.3 Å². The molecule has 2 atom stereocenters. The molecule has 0 saturated carbocycles. The van der Waals surface area contributed by atoms with Crippen molar-refractivity contribution in [1.29, 1.82) is 0 Å². The highest BCUT2D eigenvalue weighted by molar-refractivity contribution is 7.18. The zero-order valence-electron chi connectivity index (χ0n) is 14.0. The maximum Gasteiger partial charge on any atom is 0.303 e. The van der Waals surface area contributed by atoms with Crippen LogP contribution in [0.5, 0.6) is 0 Å². The van der Waals surface area contributed by atoms with E-state index >= 15 is 0 Å². The molecule has 1 N–H and O–H groups in total. The van der Waals surface area contributed by atoms with Crippen LogP contribution in [0.25, 0.3) is 10.2 Å². The lowest BCUT2D eigenvalue weighted by molar-refractivity contribution is -0.908. The van der Waals surface area contributed by atoms with Crippen LogP contribution in [0.15, 0.2) is 48.5 Å². The van der Waals surface area contributed by atoms with Gasteiger partial charge in [0.2, 0.25) is 0 Å². The van der Waals surface area contributed by atoms with Gasteiger partial charge in [-0.25, -0.2) is 4.98 Å². The van der Waals surface area contributed by atoms with Gasteiger partial charge in [0, 0.05) is 0 Å². The van der Waals surface area contributed by atoms with E-state index in [-0.39, 0.29) is 6.04 Å². The second kappa shape index (κ2) is 6.06. The molecule has 4 rings (SSSR count). The summed E-state index contributed by atoms with van der Waals surface area (Å²) >= 11 is 1.68. The number of nitrogens with one attached hydrogen (secondary N) is 1. The van der Waals surface area contributed by atoms with Gasteiger partial charge in [0.15, 0.2) is 11.7 Å². The number of carbonyl (C=O) groups is 2. The number of hydrogen-bond acceptors (Lipinski definition) is 4. The molecule has 0 fully saturated rings. The summed E-state index contributed by atoms with van der Waals surface area (Å²) in [5.74, 6) is -0.868. The molecule has 1 unspecified atom stereocenters. The molecular weight excluding hydrogens is 334 g/mol. The number of nitrogens with zero attached hydrogens (tertiary/aromatic N) is 2. The topological polar surface area (TPSA) is 54.7 Å². The molecule has 1 aliphatic rings. The van der Waals surface area contributed by atoms with Gasteiger partial charge >= 0.3 is 5.91 Å². The van der Waals surface area contributed by atoms with Crippen LogP contribution in [0.2, 0.25) is 0 Å². The first-order chi connectivity index (χ1) is 12.1. The number of ketones is 1. The van der Waals surface area contributed by atoms with E-state index in [1.165, 1.54) is 0 Å². The van der Waals surface area contributed by atoms with Crippen LogP contribution in [-0.4, -0.2) is 30.4 Å². The van der Waals surface area contributed by atoms with Crippen LogP contribution in [-0.2, 0) is 4.79 Å². The zero-order chi connectivity index (χ0) is 17.6. The number of aromatic nitrogens is 1. The number of anilines is 1. The smallest absolute Gasteiger partial charge is 0.303 e. The van der Waals surface area contributed by atoms with E-state index in [4.69, 9.17) is 4.98 Å². The first-order valence-electron chi connectivity index (χ1n) is 8.19. The SMILES string of the molecule is C[C@@H](c1nc2ccccc2s1)[NH+](C)CN1C(=O)C(=O)c2ccccc21. The third-order valence-corrected chi connectivity index (χ3v) is 5.93. The lowest BCUT2D eigenvalue weighted by Gasteiger charge is -2.25.